The summed E-state index contributed by atoms with van der Waals surface area (Å²) in [4.78, 5) is 13.5. The third kappa shape index (κ3) is 3.83. The van der Waals surface area contributed by atoms with Gasteiger partial charge in [-0.1, -0.05) is 0 Å². The van der Waals surface area contributed by atoms with Gasteiger partial charge in [0.25, 0.3) is 0 Å². The molecule has 1 atom stereocenters. The van der Waals surface area contributed by atoms with Gasteiger partial charge in [0.05, 0.1) is 18.5 Å². The van der Waals surface area contributed by atoms with Gasteiger partial charge in [-0.3, -0.25) is 0 Å². The predicted octanol–water partition coefficient (Wildman–Crippen LogP) is 0.301. The summed E-state index contributed by atoms with van der Waals surface area (Å²) < 4.78 is 32.9. The number of carbonyl (C=O) groups is 1. The van der Waals surface area contributed by atoms with Crippen molar-refractivity contribution in [2.45, 2.75) is 38.9 Å². The molecule has 0 bridgehead atoms. The number of carbonyl (C=O) groups excluding carboxylic acids is 1. The fourth-order valence-corrected chi connectivity index (χ4v) is 3.43. The highest BCUT2D eigenvalue weighted by Crippen LogP contribution is 2.41. The summed E-state index contributed by atoms with van der Waals surface area (Å²) >= 11 is 0. The summed E-state index contributed by atoms with van der Waals surface area (Å²) in [5, 5.41) is 5.02. The number of rotatable bonds is 2. The van der Waals surface area contributed by atoms with Gasteiger partial charge in [-0.2, -0.15) is 0 Å². The normalized spacial score (nSPS) is 25.6. The molecular formula is C12H22N2O5S. The number of sulfonamides is 1. The summed E-state index contributed by atoms with van der Waals surface area (Å²) in [6.07, 6.45) is -0.0910. The number of hydrogen-bond acceptors (Lipinski definition) is 5. The molecule has 7 nitrogen and oxygen atoms in total. The Kier molecular flexibility index (Phi) is 3.77. The van der Waals surface area contributed by atoms with Crippen LogP contribution in [0.2, 0.25) is 0 Å². The van der Waals surface area contributed by atoms with Crippen molar-refractivity contribution >= 4 is 16.1 Å². The standard InChI is InChI=1S/C12H22N2O5S/c1-11(2,3)19-10(15)14-6-12(7-14)4-9(18-8-12)5-20(13,16)17/h9H,4-8H2,1-3H3,(H2,13,16,17). The molecule has 2 heterocycles. The van der Waals surface area contributed by atoms with Gasteiger partial charge in [0, 0.05) is 18.5 Å². The minimum absolute atomic E-state index is 0.133. The van der Waals surface area contributed by atoms with E-state index in [1.165, 1.54) is 0 Å². The van der Waals surface area contributed by atoms with E-state index in [1.807, 2.05) is 20.8 Å². The van der Waals surface area contributed by atoms with E-state index >= 15 is 0 Å². The van der Waals surface area contributed by atoms with E-state index in [0.717, 1.165) is 0 Å². The van der Waals surface area contributed by atoms with Crippen molar-refractivity contribution in [2.75, 3.05) is 25.4 Å². The molecule has 2 rings (SSSR count). The van der Waals surface area contributed by atoms with Gasteiger partial charge in [0.1, 0.15) is 5.60 Å². The largest absolute Gasteiger partial charge is 0.444 e. The number of likely N-dealkylation sites (tertiary alicyclic amines) is 1. The number of amides is 1. The first-order chi connectivity index (χ1) is 8.98. The molecule has 8 heteroatoms. The fourth-order valence-electron chi connectivity index (χ4n) is 2.70. The Balaban J connectivity index is 1.83. The maximum absolute atomic E-state index is 11.8. The zero-order valence-corrected chi connectivity index (χ0v) is 12.9. The van der Waals surface area contributed by atoms with Crippen LogP contribution in [0, 0.1) is 5.41 Å². The summed E-state index contributed by atoms with van der Waals surface area (Å²) in [5.41, 5.74) is -0.644. The van der Waals surface area contributed by atoms with E-state index in [-0.39, 0.29) is 23.4 Å². The van der Waals surface area contributed by atoms with Crippen molar-refractivity contribution in [2.24, 2.45) is 10.6 Å². The van der Waals surface area contributed by atoms with Gasteiger partial charge in [-0.05, 0) is 27.2 Å². The van der Waals surface area contributed by atoms with Crippen LogP contribution in [0.3, 0.4) is 0 Å². The minimum atomic E-state index is -3.53. The van der Waals surface area contributed by atoms with Crippen molar-refractivity contribution in [1.29, 1.82) is 0 Å². The molecule has 0 aromatic carbocycles. The third-order valence-corrected chi connectivity index (χ3v) is 4.24. The Morgan fingerprint density at radius 2 is 2.05 bits per heavy atom. The van der Waals surface area contributed by atoms with Crippen molar-refractivity contribution in [3.63, 3.8) is 0 Å². The first-order valence-electron chi connectivity index (χ1n) is 6.58. The van der Waals surface area contributed by atoms with E-state index in [1.54, 1.807) is 4.90 Å². The Morgan fingerprint density at radius 1 is 1.45 bits per heavy atom. The van der Waals surface area contributed by atoms with Crippen LogP contribution in [0.25, 0.3) is 0 Å². The second-order valence-electron chi connectivity index (χ2n) is 6.80. The first kappa shape index (κ1) is 15.5. The summed E-state index contributed by atoms with van der Waals surface area (Å²) in [7, 11) is -3.53. The number of ether oxygens (including phenoxy) is 2. The Morgan fingerprint density at radius 3 is 2.55 bits per heavy atom. The Labute approximate surface area is 119 Å². The smallest absolute Gasteiger partial charge is 0.410 e. The maximum Gasteiger partial charge on any atom is 0.410 e. The van der Waals surface area contributed by atoms with Crippen LogP contribution >= 0.6 is 0 Å². The molecule has 1 amide bonds. The van der Waals surface area contributed by atoms with Gasteiger partial charge in [0.15, 0.2) is 0 Å². The van der Waals surface area contributed by atoms with Crippen LogP contribution in [0.4, 0.5) is 4.79 Å². The van der Waals surface area contributed by atoms with E-state index in [0.29, 0.717) is 26.1 Å². The fraction of sp³-hybridized carbons (Fsp3) is 0.917. The lowest BCUT2D eigenvalue weighted by molar-refractivity contribution is -0.0368. The average Bonchev–Trinajstić information content (AvgIpc) is 2.53. The molecule has 2 saturated heterocycles. The Hall–Kier alpha value is -0.860. The summed E-state index contributed by atoms with van der Waals surface area (Å²) in [6.45, 7) is 7.02. The maximum atomic E-state index is 11.8. The second kappa shape index (κ2) is 4.85. The van der Waals surface area contributed by atoms with Gasteiger partial charge in [-0.25, -0.2) is 18.4 Å². The van der Waals surface area contributed by atoms with E-state index in [2.05, 4.69) is 0 Å². The van der Waals surface area contributed by atoms with Crippen molar-refractivity contribution in [1.82, 2.24) is 4.90 Å². The zero-order valence-electron chi connectivity index (χ0n) is 12.1. The lowest BCUT2D eigenvalue weighted by Crippen LogP contribution is -2.59. The average molecular weight is 306 g/mol. The Bertz CT molecular complexity index is 490. The summed E-state index contributed by atoms with van der Waals surface area (Å²) in [5.74, 6) is -0.165. The lowest BCUT2D eigenvalue weighted by atomic mass is 9.78. The molecule has 1 unspecified atom stereocenters. The quantitative estimate of drug-likeness (QED) is 0.791. The second-order valence-corrected chi connectivity index (χ2v) is 8.46. The van der Waals surface area contributed by atoms with Crippen LogP contribution in [0.5, 0.6) is 0 Å². The predicted molar refractivity (Wildman–Crippen MR) is 72.6 cm³/mol. The van der Waals surface area contributed by atoms with Crippen molar-refractivity contribution < 1.29 is 22.7 Å². The molecule has 0 radical (unpaired) electrons. The van der Waals surface area contributed by atoms with Gasteiger partial charge < -0.3 is 14.4 Å². The van der Waals surface area contributed by atoms with E-state index in [4.69, 9.17) is 14.6 Å². The minimum Gasteiger partial charge on any atom is -0.444 e. The van der Waals surface area contributed by atoms with Gasteiger partial charge in [-0.15, -0.1) is 0 Å². The van der Waals surface area contributed by atoms with Gasteiger partial charge >= 0.3 is 6.09 Å². The third-order valence-electron chi connectivity index (χ3n) is 3.41. The molecule has 0 aromatic rings. The first-order valence-corrected chi connectivity index (χ1v) is 8.30. The lowest BCUT2D eigenvalue weighted by Gasteiger charge is -2.47. The molecular weight excluding hydrogens is 284 g/mol. The van der Waals surface area contributed by atoms with Crippen LogP contribution < -0.4 is 5.14 Å². The van der Waals surface area contributed by atoms with Crippen LogP contribution in [0.15, 0.2) is 0 Å². The molecule has 0 saturated carbocycles. The van der Waals surface area contributed by atoms with Crippen molar-refractivity contribution in [3.05, 3.63) is 0 Å². The number of hydrogen-bond donors (Lipinski definition) is 1. The number of nitrogens with two attached hydrogens (primary N) is 1. The molecule has 2 aliphatic rings. The molecule has 1 spiro atoms. The van der Waals surface area contributed by atoms with Crippen molar-refractivity contribution in [3.8, 4) is 0 Å². The molecule has 2 N–H and O–H groups in total. The molecule has 0 aromatic heterocycles. The van der Waals surface area contributed by atoms with E-state index in [9.17, 15) is 13.2 Å². The SMILES string of the molecule is CC(C)(C)OC(=O)N1CC2(COC(CS(N)(=O)=O)C2)C1. The van der Waals surface area contributed by atoms with Crippen LogP contribution in [-0.4, -0.2) is 56.6 Å². The number of nitrogens with zero attached hydrogens (tertiary/aromatic N) is 1. The highest BCUT2D eigenvalue weighted by atomic mass is 32.2. The van der Waals surface area contributed by atoms with E-state index < -0.39 is 15.6 Å². The zero-order chi connectivity index (χ0) is 15.2. The van der Waals surface area contributed by atoms with Crippen LogP contribution in [-0.2, 0) is 19.5 Å². The van der Waals surface area contributed by atoms with Gasteiger partial charge in [0.2, 0.25) is 10.0 Å². The molecule has 0 aliphatic carbocycles. The number of primary sulfonamides is 1. The van der Waals surface area contributed by atoms with Crippen LogP contribution in [0.1, 0.15) is 27.2 Å². The molecule has 2 aliphatic heterocycles. The molecule has 2 fully saturated rings. The highest BCUT2D eigenvalue weighted by molar-refractivity contribution is 7.89. The topological polar surface area (TPSA) is 98.9 Å². The molecule has 116 valence electrons. The summed E-state index contributed by atoms with van der Waals surface area (Å²) in [6, 6.07) is 0. The molecule has 20 heavy (non-hydrogen) atoms. The highest BCUT2D eigenvalue weighted by Gasteiger charge is 2.52. The monoisotopic (exact) mass is 306 g/mol.